The van der Waals surface area contributed by atoms with Crippen molar-refractivity contribution < 1.29 is 4.79 Å². The average molecular weight is 292 g/mol. The summed E-state index contributed by atoms with van der Waals surface area (Å²) in [6, 6.07) is 7.56. The van der Waals surface area contributed by atoms with Crippen molar-refractivity contribution in [1.82, 2.24) is 4.90 Å². The second-order valence-electron chi connectivity index (χ2n) is 5.27. The average Bonchev–Trinajstić information content (AvgIpc) is 2.46. The van der Waals surface area contributed by atoms with E-state index in [1.54, 1.807) is 31.1 Å². The van der Waals surface area contributed by atoms with Crippen molar-refractivity contribution in [2.75, 3.05) is 32.1 Å². The minimum absolute atomic E-state index is 0.0964. The smallest absolute Gasteiger partial charge is 0.225 e. The summed E-state index contributed by atoms with van der Waals surface area (Å²) in [5.74, 6) is 0.292. The summed E-state index contributed by atoms with van der Waals surface area (Å²) in [6.07, 6.45) is 1.65. The number of nitriles is 1. The largest absolute Gasteiger partial charge is 0.370 e. The van der Waals surface area contributed by atoms with Gasteiger partial charge in [-0.3, -0.25) is 4.79 Å². The summed E-state index contributed by atoms with van der Waals surface area (Å²) in [6.45, 7) is 1.58. The van der Waals surface area contributed by atoms with Gasteiger partial charge in [-0.1, -0.05) is 11.6 Å². The molecule has 0 bridgehead atoms. The van der Waals surface area contributed by atoms with Crippen LogP contribution in [0.4, 0.5) is 5.69 Å². The fraction of sp³-hybridized carbons (Fsp3) is 0.467. The molecule has 1 aromatic carbocycles. The van der Waals surface area contributed by atoms with Gasteiger partial charge in [0.05, 0.1) is 11.3 Å². The Morgan fingerprint density at radius 1 is 1.40 bits per heavy atom. The van der Waals surface area contributed by atoms with E-state index in [0.29, 0.717) is 10.6 Å². The molecule has 106 valence electrons. The summed E-state index contributed by atoms with van der Waals surface area (Å²) in [5.41, 5.74) is 1.50. The highest BCUT2D eigenvalue weighted by Crippen LogP contribution is 2.28. The van der Waals surface area contributed by atoms with Crippen LogP contribution in [0.3, 0.4) is 0 Å². The van der Waals surface area contributed by atoms with Crippen LogP contribution in [0.15, 0.2) is 18.2 Å². The van der Waals surface area contributed by atoms with Crippen molar-refractivity contribution >= 4 is 23.2 Å². The van der Waals surface area contributed by atoms with Crippen molar-refractivity contribution in [3.05, 3.63) is 28.8 Å². The Labute approximate surface area is 124 Å². The molecule has 4 nitrogen and oxygen atoms in total. The SMILES string of the molecule is CN(C)C(=O)C1CCN(c2ccc(Cl)cc2C#N)CC1. The highest BCUT2D eigenvalue weighted by atomic mass is 35.5. The Hall–Kier alpha value is -1.73. The zero-order valence-electron chi connectivity index (χ0n) is 11.8. The van der Waals surface area contributed by atoms with Gasteiger partial charge >= 0.3 is 0 Å². The molecule has 0 aromatic heterocycles. The first-order chi connectivity index (χ1) is 9.52. The van der Waals surface area contributed by atoms with Crippen LogP contribution in [-0.2, 0) is 4.79 Å². The third-order valence-corrected chi connectivity index (χ3v) is 3.94. The van der Waals surface area contributed by atoms with E-state index in [-0.39, 0.29) is 11.8 Å². The van der Waals surface area contributed by atoms with Crippen LogP contribution in [-0.4, -0.2) is 38.0 Å². The highest BCUT2D eigenvalue weighted by molar-refractivity contribution is 6.30. The van der Waals surface area contributed by atoms with Gasteiger partial charge in [0.15, 0.2) is 0 Å². The van der Waals surface area contributed by atoms with E-state index in [9.17, 15) is 10.1 Å². The third-order valence-electron chi connectivity index (χ3n) is 3.70. The molecule has 0 unspecified atom stereocenters. The number of rotatable bonds is 2. The summed E-state index contributed by atoms with van der Waals surface area (Å²) in [4.78, 5) is 15.8. The van der Waals surface area contributed by atoms with Gasteiger partial charge in [0.2, 0.25) is 5.91 Å². The molecule has 5 heteroatoms. The molecule has 1 amide bonds. The molecule has 1 fully saturated rings. The first-order valence-corrected chi connectivity index (χ1v) is 7.06. The normalized spacial score (nSPS) is 15.8. The van der Waals surface area contributed by atoms with Gasteiger partial charge < -0.3 is 9.80 Å². The molecule has 1 aromatic rings. The van der Waals surface area contributed by atoms with Gasteiger partial charge in [-0.15, -0.1) is 0 Å². The maximum Gasteiger partial charge on any atom is 0.225 e. The second kappa shape index (κ2) is 6.15. The lowest BCUT2D eigenvalue weighted by Gasteiger charge is -2.34. The first kappa shape index (κ1) is 14.7. The first-order valence-electron chi connectivity index (χ1n) is 6.68. The Kier molecular flexibility index (Phi) is 4.51. The summed E-state index contributed by atoms with van der Waals surface area (Å²) in [5, 5.41) is 9.76. The molecule has 0 spiro atoms. The third kappa shape index (κ3) is 3.05. The molecule has 1 heterocycles. The fourth-order valence-corrected chi connectivity index (χ4v) is 2.78. The van der Waals surface area contributed by atoms with E-state index >= 15 is 0 Å². The van der Waals surface area contributed by atoms with Crippen molar-refractivity contribution in [2.45, 2.75) is 12.8 Å². The number of carbonyl (C=O) groups is 1. The summed E-state index contributed by atoms with van der Waals surface area (Å²) >= 11 is 5.91. The van der Waals surface area contributed by atoms with Gasteiger partial charge in [-0.05, 0) is 31.0 Å². The fourth-order valence-electron chi connectivity index (χ4n) is 2.61. The number of anilines is 1. The minimum Gasteiger partial charge on any atom is -0.370 e. The quantitative estimate of drug-likeness (QED) is 0.841. The van der Waals surface area contributed by atoms with E-state index < -0.39 is 0 Å². The van der Waals surface area contributed by atoms with Crippen molar-refractivity contribution in [3.63, 3.8) is 0 Å². The molecule has 0 saturated carbocycles. The predicted molar refractivity (Wildman–Crippen MR) is 79.8 cm³/mol. The number of benzene rings is 1. The molecule has 0 radical (unpaired) electrons. The van der Waals surface area contributed by atoms with Gasteiger partial charge in [-0.2, -0.15) is 5.26 Å². The van der Waals surface area contributed by atoms with Crippen LogP contribution >= 0.6 is 11.6 Å². The van der Waals surface area contributed by atoms with E-state index in [4.69, 9.17) is 11.6 Å². The van der Waals surface area contributed by atoms with Crippen LogP contribution in [0.1, 0.15) is 18.4 Å². The standard InChI is InChI=1S/C15H18ClN3O/c1-18(2)15(20)11-5-7-19(8-6-11)14-4-3-13(16)9-12(14)10-17/h3-4,9,11H,5-8H2,1-2H3. The highest BCUT2D eigenvalue weighted by Gasteiger charge is 2.26. The maximum absolute atomic E-state index is 11.9. The number of nitrogens with zero attached hydrogens (tertiary/aromatic N) is 3. The second-order valence-corrected chi connectivity index (χ2v) is 5.70. The van der Waals surface area contributed by atoms with E-state index in [2.05, 4.69) is 11.0 Å². The molecule has 20 heavy (non-hydrogen) atoms. The molecular weight excluding hydrogens is 274 g/mol. The number of hydrogen-bond donors (Lipinski definition) is 0. The monoisotopic (exact) mass is 291 g/mol. The topological polar surface area (TPSA) is 47.3 Å². The van der Waals surface area contributed by atoms with Crippen LogP contribution in [0.2, 0.25) is 5.02 Å². The van der Waals surface area contributed by atoms with Gasteiger partial charge in [-0.25, -0.2) is 0 Å². The Bertz CT molecular complexity index is 543. The number of halogens is 1. The van der Waals surface area contributed by atoms with Gasteiger partial charge in [0.1, 0.15) is 6.07 Å². The molecule has 2 rings (SSSR count). The van der Waals surface area contributed by atoms with Gasteiger partial charge in [0.25, 0.3) is 0 Å². The zero-order chi connectivity index (χ0) is 14.7. The van der Waals surface area contributed by atoms with E-state index in [0.717, 1.165) is 31.6 Å². The molecule has 1 saturated heterocycles. The van der Waals surface area contributed by atoms with Crippen LogP contribution in [0.5, 0.6) is 0 Å². The Balaban J connectivity index is 2.08. The summed E-state index contributed by atoms with van der Waals surface area (Å²) in [7, 11) is 3.59. The Morgan fingerprint density at radius 3 is 2.60 bits per heavy atom. The van der Waals surface area contributed by atoms with Crippen molar-refractivity contribution in [3.8, 4) is 6.07 Å². The van der Waals surface area contributed by atoms with Crippen molar-refractivity contribution in [1.29, 1.82) is 5.26 Å². The lowest BCUT2D eigenvalue weighted by molar-refractivity contribution is -0.133. The molecule has 1 aliphatic heterocycles. The van der Waals surface area contributed by atoms with Gasteiger partial charge in [0, 0.05) is 38.1 Å². The number of carbonyl (C=O) groups excluding carboxylic acids is 1. The Morgan fingerprint density at radius 2 is 2.05 bits per heavy atom. The van der Waals surface area contributed by atoms with Crippen molar-refractivity contribution in [2.24, 2.45) is 5.92 Å². The van der Waals surface area contributed by atoms with Crippen LogP contribution in [0, 0.1) is 17.2 Å². The zero-order valence-corrected chi connectivity index (χ0v) is 12.5. The van der Waals surface area contributed by atoms with Crippen LogP contribution in [0.25, 0.3) is 0 Å². The molecule has 1 aliphatic rings. The van der Waals surface area contributed by atoms with Crippen LogP contribution < -0.4 is 4.90 Å². The molecule has 0 aliphatic carbocycles. The summed E-state index contributed by atoms with van der Waals surface area (Å²) < 4.78 is 0. The number of hydrogen-bond acceptors (Lipinski definition) is 3. The molecule has 0 N–H and O–H groups in total. The number of amides is 1. The lowest BCUT2D eigenvalue weighted by atomic mass is 9.94. The lowest BCUT2D eigenvalue weighted by Crippen LogP contribution is -2.40. The predicted octanol–water partition coefficient (Wildman–Crippen LogP) is 2.52. The number of piperidine rings is 1. The van der Waals surface area contributed by atoms with E-state index in [1.165, 1.54) is 0 Å². The molecule has 0 atom stereocenters. The molecular formula is C15H18ClN3O. The maximum atomic E-state index is 11.9. The van der Waals surface area contributed by atoms with E-state index in [1.807, 2.05) is 6.07 Å². The minimum atomic E-state index is 0.0964.